The Kier molecular flexibility index (Phi) is 3.65. The maximum atomic E-state index is 13.7. The molecule has 0 saturated heterocycles. The van der Waals surface area contributed by atoms with E-state index in [1.807, 2.05) is 6.07 Å². The largest absolute Gasteiger partial charge is 0.376 e. The molecule has 0 saturated carbocycles. The Morgan fingerprint density at radius 2 is 1.85 bits per heavy atom. The van der Waals surface area contributed by atoms with Gasteiger partial charge in [0.1, 0.15) is 5.82 Å². The fraction of sp³-hybridized carbons (Fsp3) is 0.286. The van der Waals surface area contributed by atoms with Crippen LogP contribution in [0.1, 0.15) is 29.3 Å². The Hall–Kier alpha value is -1.20. The van der Waals surface area contributed by atoms with Crippen molar-refractivity contribution in [3.63, 3.8) is 0 Å². The summed E-state index contributed by atoms with van der Waals surface area (Å²) in [7, 11) is 0. The first-order valence-electron chi connectivity index (χ1n) is 6.24. The normalized spacial score (nSPS) is 17.9. The van der Waals surface area contributed by atoms with Gasteiger partial charge in [-0.05, 0) is 30.9 Å². The summed E-state index contributed by atoms with van der Waals surface area (Å²) >= 11 is 7.52. The summed E-state index contributed by atoms with van der Waals surface area (Å²) < 4.78 is 40.5. The minimum atomic E-state index is -1.18. The molecule has 1 atom stereocenters. The standard InChI is InChI=1S/C14H11ClF3NS/c15-14-4-7-11(2-1-3-13(7)20-14)19-12-6-9(17)8(16)5-10(12)18/h4-6,11,19H,1-3H2. The van der Waals surface area contributed by atoms with Crippen LogP contribution in [-0.4, -0.2) is 0 Å². The van der Waals surface area contributed by atoms with Crippen molar-refractivity contribution >= 4 is 28.6 Å². The first-order chi connectivity index (χ1) is 9.54. The number of benzene rings is 1. The van der Waals surface area contributed by atoms with Gasteiger partial charge in [0.15, 0.2) is 11.6 Å². The summed E-state index contributed by atoms with van der Waals surface area (Å²) in [6, 6.07) is 3.15. The second-order valence-corrected chi connectivity index (χ2v) is 6.53. The van der Waals surface area contributed by atoms with Gasteiger partial charge in [0.25, 0.3) is 0 Å². The minimum Gasteiger partial charge on any atom is -0.376 e. The van der Waals surface area contributed by atoms with Gasteiger partial charge in [-0.15, -0.1) is 11.3 Å². The molecule has 6 heteroatoms. The fourth-order valence-corrected chi connectivity index (χ4v) is 3.88. The molecule has 1 unspecified atom stereocenters. The molecule has 0 bridgehead atoms. The third kappa shape index (κ3) is 2.52. The van der Waals surface area contributed by atoms with E-state index in [0.717, 1.165) is 30.9 Å². The van der Waals surface area contributed by atoms with Gasteiger partial charge in [-0.25, -0.2) is 13.2 Å². The Balaban J connectivity index is 1.91. The van der Waals surface area contributed by atoms with Gasteiger partial charge < -0.3 is 5.32 Å². The van der Waals surface area contributed by atoms with Crippen LogP contribution in [0.2, 0.25) is 4.34 Å². The zero-order valence-electron chi connectivity index (χ0n) is 10.4. The van der Waals surface area contributed by atoms with E-state index in [4.69, 9.17) is 11.6 Å². The number of halogens is 4. The van der Waals surface area contributed by atoms with E-state index >= 15 is 0 Å². The smallest absolute Gasteiger partial charge is 0.161 e. The first-order valence-corrected chi connectivity index (χ1v) is 7.43. The van der Waals surface area contributed by atoms with Crippen LogP contribution in [0.3, 0.4) is 0 Å². The molecular weight excluding hydrogens is 307 g/mol. The summed E-state index contributed by atoms with van der Waals surface area (Å²) in [5.74, 6) is -3.04. The Morgan fingerprint density at radius 1 is 1.10 bits per heavy atom. The minimum absolute atomic E-state index is 0.0240. The SMILES string of the molecule is Fc1cc(F)c(NC2CCCc3sc(Cl)cc32)cc1F. The van der Waals surface area contributed by atoms with Crippen molar-refractivity contribution in [2.24, 2.45) is 0 Å². The summed E-state index contributed by atoms with van der Waals surface area (Å²) in [6.07, 6.45) is 2.70. The number of nitrogens with one attached hydrogen (secondary N) is 1. The third-order valence-corrected chi connectivity index (χ3v) is 4.76. The topological polar surface area (TPSA) is 12.0 Å². The van der Waals surface area contributed by atoms with E-state index in [-0.39, 0.29) is 11.7 Å². The van der Waals surface area contributed by atoms with Crippen LogP contribution in [0.15, 0.2) is 18.2 Å². The lowest BCUT2D eigenvalue weighted by atomic mass is 9.94. The van der Waals surface area contributed by atoms with Crippen molar-refractivity contribution in [1.29, 1.82) is 0 Å². The van der Waals surface area contributed by atoms with Crippen LogP contribution in [0.5, 0.6) is 0 Å². The predicted octanol–water partition coefficient (Wildman–Crippen LogP) is 5.31. The molecule has 1 aromatic carbocycles. The molecule has 0 radical (unpaired) electrons. The highest BCUT2D eigenvalue weighted by Gasteiger charge is 2.24. The van der Waals surface area contributed by atoms with Crippen molar-refractivity contribution in [3.05, 3.63) is 50.4 Å². The van der Waals surface area contributed by atoms with Gasteiger partial charge >= 0.3 is 0 Å². The van der Waals surface area contributed by atoms with E-state index in [1.165, 1.54) is 16.2 Å². The average Bonchev–Trinajstić information content (AvgIpc) is 2.77. The quantitative estimate of drug-likeness (QED) is 0.740. The van der Waals surface area contributed by atoms with Crippen LogP contribution < -0.4 is 5.32 Å². The first kappa shape index (κ1) is 13.8. The van der Waals surface area contributed by atoms with Gasteiger partial charge in [0, 0.05) is 17.0 Å². The van der Waals surface area contributed by atoms with E-state index in [1.54, 1.807) is 0 Å². The van der Waals surface area contributed by atoms with Crippen LogP contribution in [0.4, 0.5) is 18.9 Å². The molecular formula is C14H11ClF3NS. The predicted molar refractivity (Wildman–Crippen MR) is 74.9 cm³/mol. The molecule has 1 N–H and O–H groups in total. The van der Waals surface area contributed by atoms with Crippen molar-refractivity contribution in [3.8, 4) is 0 Å². The molecule has 1 nitrogen and oxygen atoms in total. The highest BCUT2D eigenvalue weighted by molar-refractivity contribution is 7.16. The Morgan fingerprint density at radius 3 is 2.65 bits per heavy atom. The van der Waals surface area contributed by atoms with Crippen molar-refractivity contribution in [2.75, 3.05) is 5.32 Å². The number of fused-ring (bicyclic) bond motifs is 1. The Labute approximate surface area is 123 Å². The van der Waals surface area contributed by atoms with Crippen molar-refractivity contribution in [2.45, 2.75) is 25.3 Å². The highest BCUT2D eigenvalue weighted by Crippen LogP contribution is 2.39. The second kappa shape index (κ2) is 5.30. The fourth-order valence-electron chi connectivity index (χ4n) is 2.49. The molecule has 0 aliphatic heterocycles. The van der Waals surface area contributed by atoms with Crippen molar-refractivity contribution < 1.29 is 13.2 Å². The Bertz CT molecular complexity index is 656. The maximum Gasteiger partial charge on any atom is 0.161 e. The van der Waals surface area contributed by atoms with Crippen molar-refractivity contribution in [1.82, 2.24) is 0 Å². The number of aryl methyl sites for hydroxylation is 1. The molecule has 1 heterocycles. The van der Waals surface area contributed by atoms with Crippen LogP contribution in [-0.2, 0) is 6.42 Å². The third-order valence-electron chi connectivity index (χ3n) is 3.42. The van der Waals surface area contributed by atoms with Gasteiger partial charge in [0.05, 0.1) is 16.1 Å². The molecule has 2 aromatic rings. The summed E-state index contributed by atoms with van der Waals surface area (Å²) in [6.45, 7) is 0. The van der Waals surface area contributed by atoms with E-state index in [9.17, 15) is 13.2 Å². The zero-order valence-corrected chi connectivity index (χ0v) is 11.9. The molecule has 3 rings (SSSR count). The lowest BCUT2D eigenvalue weighted by Crippen LogP contribution is -2.16. The second-order valence-electron chi connectivity index (χ2n) is 4.76. The number of hydrogen-bond acceptors (Lipinski definition) is 2. The number of thiophene rings is 1. The monoisotopic (exact) mass is 317 g/mol. The van der Waals surface area contributed by atoms with E-state index < -0.39 is 17.5 Å². The lowest BCUT2D eigenvalue weighted by Gasteiger charge is -2.24. The molecule has 0 amide bonds. The molecule has 1 aliphatic rings. The zero-order chi connectivity index (χ0) is 14.3. The maximum absolute atomic E-state index is 13.7. The van der Waals surface area contributed by atoms with E-state index in [0.29, 0.717) is 10.4 Å². The number of anilines is 1. The van der Waals surface area contributed by atoms with E-state index in [2.05, 4.69) is 5.32 Å². The van der Waals surface area contributed by atoms with Crippen LogP contribution in [0.25, 0.3) is 0 Å². The molecule has 0 fully saturated rings. The van der Waals surface area contributed by atoms with Gasteiger partial charge in [0.2, 0.25) is 0 Å². The molecule has 1 aromatic heterocycles. The lowest BCUT2D eigenvalue weighted by molar-refractivity contribution is 0.494. The molecule has 1 aliphatic carbocycles. The highest BCUT2D eigenvalue weighted by atomic mass is 35.5. The van der Waals surface area contributed by atoms with Crippen LogP contribution >= 0.6 is 22.9 Å². The average molecular weight is 318 g/mol. The van der Waals surface area contributed by atoms with Crippen LogP contribution in [0, 0.1) is 17.5 Å². The van der Waals surface area contributed by atoms with Gasteiger partial charge in [-0.1, -0.05) is 11.6 Å². The molecule has 106 valence electrons. The summed E-state index contributed by atoms with van der Waals surface area (Å²) in [5, 5.41) is 2.95. The van der Waals surface area contributed by atoms with Gasteiger partial charge in [-0.3, -0.25) is 0 Å². The summed E-state index contributed by atoms with van der Waals surface area (Å²) in [4.78, 5) is 1.17. The number of rotatable bonds is 2. The summed E-state index contributed by atoms with van der Waals surface area (Å²) in [5.41, 5.74) is 0.999. The molecule has 0 spiro atoms. The molecule has 20 heavy (non-hydrogen) atoms. The number of hydrogen-bond donors (Lipinski definition) is 1. The van der Waals surface area contributed by atoms with Gasteiger partial charge in [-0.2, -0.15) is 0 Å².